The number of methoxy groups -OCH3 is 1. The van der Waals surface area contributed by atoms with Crippen molar-refractivity contribution < 1.29 is 14.3 Å². The summed E-state index contributed by atoms with van der Waals surface area (Å²) >= 11 is 1.67. The second-order valence-electron chi connectivity index (χ2n) is 6.54. The highest BCUT2D eigenvalue weighted by Gasteiger charge is 2.19. The molecule has 7 heteroatoms. The van der Waals surface area contributed by atoms with E-state index in [1.807, 2.05) is 47.3 Å². The number of hydrogen-bond donors (Lipinski definition) is 1. The number of amides is 1. The van der Waals surface area contributed by atoms with Gasteiger partial charge in [0.05, 0.1) is 25.0 Å². The zero-order valence-corrected chi connectivity index (χ0v) is 16.8. The molecule has 0 bridgehead atoms. The van der Waals surface area contributed by atoms with Crippen molar-refractivity contribution in [2.75, 3.05) is 18.7 Å². The highest BCUT2D eigenvalue weighted by Crippen LogP contribution is 2.34. The maximum Gasteiger partial charge on any atom is 0.221 e. The van der Waals surface area contributed by atoms with Crippen LogP contribution in [0.4, 0.5) is 5.69 Å². The molecule has 0 spiro atoms. The van der Waals surface area contributed by atoms with Crippen LogP contribution >= 0.6 is 11.8 Å². The molecule has 4 rings (SSSR count). The Kier molecular flexibility index (Phi) is 5.00. The van der Waals surface area contributed by atoms with E-state index < -0.39 is 0 Å². The number of thioether (sulfide) groups is 1. The van der Waals surface area contributed by atoms with Crippen LogP contribution in [0.15, 0.2) is 47.4 Å². The lowest BCUT2D eigenvalue weighted by Crippen LogP contribution is -2.06. The number of carbonyl (C=O) groups is 1. The van der Waals surface area contributed by atoms with Gasteiger partial charge in [0.2, 0.25) is 5.91 Å². The van der Waals surface area contributed by atoms with Gasteiger partial charge in [-0.2, -0.15) is 5.10 Å². The first-order chi connectivity index (χ1) is 13.6. The molecule has 0 radical (unpaired) electrons. The monoisotopic (exact) mass is 395 g/mol. The minimum atomic E-state index is -0.102. The molecule has 1 aromatic heterocycles. The summed E-state index contributed by atoms with van der Waals surface area (Å²) < 4.78 is 13.3. The highest BCUT2D eigenvalue weighted by molar-refractivity contribution is 7.98. The fourth-order valence-electron chi connectivity index (χ4n) is 3.26. The van der Waals surface area contributed by atoms with Gasteiger partial charge in [-0.3, -0.25) is 9.48 Å². The van der Waals surface area contributed by atoms with Crippen molar-refractivity contribution in [3.05, 3.63) is 53.7 Å². The number of benzene rings is 2. The van der Waals surface area contributed by atoms with Crippen LogP contribution in [-0.4, -0.2) is 29.1 Å². The van der Waals surface area contributed by atoms with Crippen LogP contribution in [0.5, 0.6) is 11.5 Å². The van der Waals surface area contributed by atoms with Crippen molar-refractivity contribution in [2.45, 2.75) is 25.0 Å². The third kappa shape index (κ3) is 3.57. The normalized spacial score (nSPS) is 12.4. The number of rotatable bonds is 4. The molecule has 2 aromatic carbocycles. The van der Waals surface area contributed by atoms with Crippen LogP contribution in [0.25, 0.3) is 11.3 Å². The lowest BCUT2D eigenvalue weighted by Gasteiger charge is -2.10. The van der Waals surface area contributed by atoms with Crippen molar-refractivity contribution in [1.82, 2.24) is 9.78 Å². The van der Waals surface area contributed by atoms with Gasteiger partial charge in [0.1, 0.15) is 18.1 Å². The fourth-order valence-corrected chi connectivity index (χ4v) is 3.89. The molecule has 0 aliphatic carbocycles. The number of nitrogens with zero attached hydrogens (tertiary/aromatic N) is 2. The van der Waals surface area contributed by atoms with Crippen LogP contribution in [0.3, 0.4) is 0 Å². The molecule has 28 heavy (non-hydrogen) atoms. The Bertz CT molecular complexity index is 1050. The molecule has 0 unspecified atom stereocenters. The maximum absolute atomic E-state index is 11.3. The number of fused-ring (bicyclic) bond motifs is 2. The topological polar surface area (TPSA) is 65.4 Å². The zero-order chi connectivity index (χ0) is 19.7. The number of nitrogens with one attached hydrogen (secondary N) is 1. The molecule has 1 amide bonds. The first-order valence-electron chi connectivity index (χ1n) is 8.90. The molecular formula is C21H21N3O3S. The molecule has 6 nitrogen and oxygen atoms in total. The lowest BCUT2D eigenvalue weighted by molar-refractivity contribution is -0.114. The summed E-state index contributed by atoms with van der Waals surface area (Å²) in [6.07, 6.45) is 2.05. The average molecular weight is 395 g/mol. The van der Waals surface area contributed by atoms with Crippen LogP contribution in [0.1, 0.15) is 18.2 Å². The van der Waals surface area contributed by atoms with E-state index in [2.05, 4.69) is 11.4 Å². The quantitative estimate of drug-likeness (QED) is 0.672. The van der Waals surface area contributed by atoms with Gasteiger partial charge >= 0.3 is 0 Å². The molecule has 2 heterocycles. The third-order valence-electron chi connectivity index (χ3n) is 4.63. The predicted octanol–water partition coefficient (Wildman–Crippen LogP) is 4.18. The van der Waals surface area contributed by atoms with Crippen LogP contribution in [-0.2, 0) is 17.9 Å². The maximum atomic E-state index is 11.3. The summed E-state index contributed by atoms with van der Waals surface area (Å²) in [6.45, 7) is 2.54. The fraction of sp³-hybridized carbons (Fsp3) is 0.238. The van der Waals surface area contributed by atoms with Crippen LogP contribution in [0, 0.1) is 0 Å². The van der Waals surface area contributed by atoms with Crippen molar-refractivity contribution in [3.8, 4) is 22.8 Å². The van der Waals surface area contributed by atoms with Gasteiger partial charge in [0.25, 0.3) is 0 Å². The molecule has 1 N–H and O–H groups in total. The average Bonchev–Trinajstić information content (AvgIpc) is 3.01. The van der Waals surface area contributed by atoms with Crippen molar-refractivity contribution >= 4 is 23.4 Å². The SMILES string of the molecule is COc1ccc(-c2cc3n(n2)Cc2ccc(NC(C)=O)cc2OC3)c(SC)c1. The number of aromatic nitrogens is 2. The molecule has 144 valence electrons. The number of hydrogen-bond acceptors (Lipinski definition) is 5. The summed E-state index contributed by atoms with van der Waals surface area (Å²) in [7, 11) is 1.67. The Morgan fingerprint density at radius 3 is 2.86 bits per heavy atom. The minimum absolute atomic E-state index is 0.102. The largest absolute Gasteiger partial charge is 0.497 e. The zero-order valence-electron chi connectivity index (χ0n) is 16.0. The highest BCUT2D eigenvalue weighted by atomic mass is 32.2. The van der Waals surface area contributed by atoms with Gasteiger partial charge in [-0.15, -0.1) is 11.8 Å². The van der Waals surface area contributed by atoms with E-state index in [4.69, 9.17) is 14.6 Å². The number of ether oxygens (including phenoxy) is 2. The minimum Gasteiger partial charge on any atom is -0.497 e. The van der Waals surface area contributed by atoms with Gasteiger partial charge in [0, 0.05) is 34.7 Å². The molecule has 0 saturated carbocycles. The second kappa shape index (κ2) is 7.59. The number of anilines is 1. The van der Waals surface area contributed by atoms with E-state index in [1.54, 1.807) is 18.9 Å². The Morgan fingerprint density at radius 2 is 2.11 bits per heavy atom. The Hall–Kier alpha value is -2.93. The summed E-state index contributed by atoms with van der Waals surface area (Å²) in [5.74, 6) is 1.50. The predicted molar refractivity (Wildman–Crippen MR) is 110 cm³/mol. The molecule has 1 aliphatic rings. The first kappa shape index (κ1) is 18.4. The Morgan fingerprint density at radius 1 is 1.25 bits per heavy atom. The van der Waals surface area contributed by atoms with Gasteiger partial charge in [-0.1, -0.05) is 6.07 Å². The van der Waals surface area contributed by atoms with Crippen LogP contribution in [0.2, 0.25) is 0 Å². The lowest BCUT2D eigenvalue weighted by atomic mass is 10.1. The Labute approximate surface area is 167 Å². The number of carbonyl (C=O) groups excluding carboxylic acids is 1. The molecule has 1 aliphatic heterocycles. The van der Waals surface area contributed by atoms with E-state index >= 15 is 0 Å². The molecule has 0 atom stereocenters. The molecule has 0 fully saturated rings. The summed E-state index contributed by atoms with van der Waals surface area (Å²) in [5, 5.41) is 7.62. The van der Waals surface area contributed by atoms with Crippen LogP contribution < -0.4 is 14.8 Å². The summed E-state index contributed by atoms with van der Waals surface area (Å²) in [4.78, 5) is 12.4. The third-order valence-corrected chi connectivity index (χ3v) is 5.41. The van der Waals surface area contributed by atoms with Crippen molar-refractivity contribution in [1.29, 1.82) is 0 Å². The first-order valence-corrected chi connectivity index (χ1v) is 10.1. The van der Waals surface area contributed by atoms with E-state index in [9.17, 15) is 4.79 Å². The summed E-state index contributed by atoms with van der Waals surface area (Å²) in [6, 6.07) is 13.8. The van der Waals surface area contributed by atoms with E-state index in [0.717, 1.165) is 44.6 Å². The Balaban J connectivity index is 1.65. The van der Waals surface area contributed by atoms with Gasteiger partial charge < -0.3 is 14.8 Å². The van der Waals surface area contributed by atoms with Gasteiger partial charge in [-0.05, 0) is 36.6 Å². The molecule has 0 saturated heterocycles. The van der Waals surface area contributed by atoms with E-state index in [-0.39, 0.29) is 5.91 Å². The standard InChI is InChI=1S/C21H21N3O3S/c1-13(25)22-15-5-4-14-11-24-16(12-27-20(14)8-15)9-19(23-24)18-7-6-17(26-2)10-21(18)28-3/h4-10H,11-12H2,1-3H3,(H,22,25). The smallest absolute Gasteiger partial charge is 0.221 e. The van der Waals surface area contributed by atoms with Crippen molar-refractivity contribution in [3.63, 3.8) is 0 Å². The molecule has 3 aromatic rings. The summed E-state index contributed by atoms with van der Waals surface area (Å²) in [5.41, 5.74) is 4.77. The second-order valence-corrected chi connectivity index (χ2v) is 7.39. The van der Waals surface area contributed by atoms with Gasteiger partial charge in [0.15, 0.2) is 0 Å². The van der Waals surface area contributed by atoms with Crippen molar-refractivity contribution in [2.24, 2.45) is 0 Å². The van der Waals surface area contributed by atoms with E-state index in [1.165, 1.54) is 6.92 Å². The molecular weight excluding hydrogens is 374 g/mol. The van der Waals surface area contributed by atoms with Gasteiger partial charge in [-0.25, -0.2) is 0 Å². The van der Waals surface area contributed by atoms with E-state index in [0.29, 0.717) is 13.2 Å².